The van der Waals surface area contributed by atoms with Crippen LogP contribution in [-0.2, 0) is 4.74 Å². The molecular weight excluding hydrogens is 255 g/mol. The van der Waals surface area contributed by atoms with Crippen LogP contribution in [0.2, 0.25) is 0 Å². The van der Waals surface area contributed by atoms with Gasteiger partial charge in [-0.1, -0.05) is 30.3 Å². The summed E-state index contributed by atoms with van der Waals surface area (Å²) in [6, 6.07) is 6.12. The van der Waals surface area contributed by atoms with Crippen molar-refractivity contribution in [1.29, 1.82) is 0 Å². The molecule has 1 heterocycles. The Bertz CT molecular complexity index is 387. The van der Waals surface area contributed by atoms with Crippen molar-refractivity contribution in [3.63, 3.8) is 0 Å². The minimum absolute atomic E-state index is 0.147. The number of benzene rings is 1. The van der Waals surface area contributed by atoms with Crippen LogP contribution in [0.3, 0.4) is 0 Å². The molecule has 0 bridgehead atoms. The molecule has 1 aromatic carbocycles. The molecule has 0 spiro atoms. The van der Waals surface area contributed by atoms with Gasteiger partial charge in [0.05, 0.1) is 6.61 Å². The Balaban J connectivity index is 2.10. The molecule has 106 valence electrons. The Morgan fingerprint density at radius 1 is 1.26 bits per heavy atom. The van der Waals surface area contributed by atoms with E-state index in [-0.39, 0.29) is 17.5 Å². The van der Waals surface area contributed by atoms with E-state index in [4.69, 9.17) is 4.74 Å². The van der Waals surface area contributed by atoms with Crippen LogP contribution in [-0.4, -0.2) is 25.4 Å². The lowest BCUT2D eigenvalue weighted by Gasteiger charge is -2.28. The van der Waals surface area contributed by atoms with Gasteiger partial charge in [0.25, 0.3) is 0 Å². The van der Waals surface area contributed by atoms with Gasteiger partial charge in [-0.3, -0.25) is 5.32 Å². The van der Waals surface area contributed by atoms with Gasteiger partial charge in [-0.25, -0.2) is 0 Å². The Morgan fingerprint density at radius 2 is 1.95 bits per heavy atom. The van der Waals surface area contributed by atoms with Gasteiger partial charge in [0.2, 0.25) is 0 Å². The maximum atomic E-state index is 13.2. The van der Waals surface area contributed by atoms with Crippen molar-refractivity contribution in [3.05, 3.63) is 35.9 Å². The highest BCUT2D eigenvalue weighted by atomic mass is 19.4. The minimum Gasteiger partial charge on any atom is -0.381 e. The molecular formula is C14H18F3NO. The zero-order chi connectivity index (χ0) is 13.9. The average molecular weight is 273 g/mol. The number of hydrogen-bond acceptors (Lipinski definition) is 2. The molecule has 0 radical (unpaired) electrons. The molecule has 2 rings (SSSR count). The summed E-state index contributed by atoms with van der Waals surface area (Å²) in [5.74, 6) is 0.147. The van der Waals surface area contributed by atoms with E-state index in [2.05, 4.69) is 5.32 Å². The van der Waals surface area contributed by atoms with E-state index >= 15 is 0 Å². The zero-order valence-corrected chi connectivity index (χ0v) is 10.8. The Hall–Kier alpha value is -1.07. The fraction of sp³-hybridized carbons (Fsp3) is 0.571. The second-order valence-electron chi connectivity index (χ2n) is 4.96. The van der Waals surface area contributed by atoms with Crippen molar-refractivity contribution in [2.24, 2.45) is 5.92 Å². The van der Waals surface area contributed by atoms with Gasteiger partial charge in [0, 0.05) is 12.6 Å². The number of rotatable bonds is 4. The minimum atomic E-state index is -4.30. The van der Waals surface area contributed by atoms with Crippen LogP contribution < -0.4 is 5.32 Å². The number of nitrogens with one attached hydrogen (secondary N) is 1. The molecule has 0 saturated carbocycles. The van der Waals surface area contributed by atoms with Crippen molar-refractivity contribution < 1.29 is 17.9 Å². The molecule has 3 unspecified atom stereocenters. The normalized spacial score (nSPS) is 23.3. The summed E-state index contributed by atoms with van der Waals surface area (Å²) in [5.41, 5.74) is 0.251. The quantitative estimate of drug-likeness (QED) is 0.908. The maximum Gasteiger partial charge on any atom is 0.407 e. The van der Waals surface area contributed by atoms with Crippen LogP contribution in [0.15, 0.2) is 30.3 Å². The second kappa shape index (κ2) is 5.92. The first-order chi connectivity index (χ1) is 8.98. The van der Waals surface area contributed by atoms with E-state index in [1.54, 1.807) is 25.1 Å². The molecule has 5 heteroatoms. The fourth-order valence-electron chi connectivity index (χ4n) is 2.37. The number of hydrogen-bond donors (Lipinski definition) is 1. The summed E-state index contributed by atoms with van der Waals surface area (Å²) < 4.78 is 44.7. The van der Waals surface area contributed by atoms with Crippen LogP contribution in [0.4, 0.5) is 13.2 Å². The molecule has 0 amide bonds. The fourth-order valence-corrected chi connectivity index (χ4v) is 2.37. The third-order valence-corrected chi connectivity index (χ3v) is 3.56. The van der Waals surface area contributed by atoms with Crippen molar-refractivity contribution in [2.75, 3.05) is 13.2 Å². The van der Waals surface area contributed by atoms with Crippen molar-refractivity contribution >= 4 is 0 Å². The van der Waals surface area contributed by atoms with Gasteiger partial charge in [0.1, 0.15) is 6.04 Å². The molecule has 19 heavy (non-hydrogen) atoms. The lowest BCUT2D eigenvalue weighted by atomic mass is 9.98. The molecule has 0 aliphatic carbocycles. The third-order valence-electron chi connectivity index (χ3n) is 3.56. The van der Waals surface area contributed by atoms with E-state index in [0.717, 1.165) is 6.42 Å². The molecule has 1 N–H and O–H groups in total. The highest BCUT2D eigenvalue weighted by molar-refractivity contribution is 5.20. The van der Waals surface area contributed by atoms with Crippen LogP contribution in [0.1, 0.15) is 24.9 Å². The first-order valence-corrected chi connectivity index (χ1v) is 6.44. The van der Waals surface area contributed by atoms with E-state index in [0.29, 0.717) is 13.2 Å². The summed E-state index contributed by atoms with van der Waals surface area (Å²) >= 11 is 0. The zero-order valence-electron chi connectivity index (χ0n) is 10.8. The molecule has 1 aliphatic heterocycles. The lowest BCUT2D eigenvalue weighted by molar-refractivity contribution is -0.160. The predicted molar refractivity (Wildman–Crippen MR) is 66.8 cm³/mol. The number of ether oxygens (including phenoxy) is 1. The first-order valence-electron chi connectivity index (χ1n) is 6.44. The SMILES string of the molecule is CC(NC(c1ccccc1)C(F)(F)F)C1CCOC1. The van der Waals surface area contributed by atoms with Gasteiger partial charge in [0.15, 0.2) is 0 Å². The Kier molecular flexibility index (Phi) is 4.47. The summed E-state index contributed by atoms with van der Waals surface area (Å²) in [5, 5.41) is 2.71. The molecule has 1 aromatic rings. The summed E-state index contributed by atoms with van der Waals surface area (Å²) in [4.78, 5) is 0. The van der Waals surface area contributed by atoms with E-state index in [1.807, 2.05) is 0 Å². The molecule has 2 nitrogen and oxygen atoms in total. The van der Waals surface area contributed by atoms with Crippen molar-refractivity contribution in [3.8, 4) is 0 Å². The highest BCUT2D eigenvalue weighted by Crippen LogP contribution is 2.34. The summed E-state index contributed by atoms with van der Waals surface area (Å²) in [6.45, 7) is 2.97. The van der Waals surface area contributed by atoms with Gasteiger partial charge < -0.3 is 4.74 Å². The Morgan fingerprint density at radius 3 is 2.47 bits per heavy atom. The van der Waals surface area contributed by atoms with E-state index in [1.165, 1.54) is 12.1 Å². The summed E-state index contributed by atoms with van der Waals surface area (Å²) in [7, 11) is 0. The predicted octanol–water partition coefficient (Wildman–Crippen LogP) is 3.30. The van der Waals surface area contributed by atoms with E-state index < -0.39 is 12.2 Å². The van der Waals surface area contributed by atoms with Crippen molar-refractivity contribution in [2.45, 2.75) is 31.6 Å². The van der Waals surface area contributed by atoms with Crippen LogP contribution >= 0.6 is 0 Å². The second-order valence-corrected chi connectivity index (χ2v) is 4.96. The summed E-state index contributed by atoms with van der Waals surface area (Å²) in [6.07, 6.45) is -3.48. The topological polar surface area (TPSA) is 21.3 Å². The molecule has 1 fully saturated rings. The van der Waals surface area contributed by atoms with Crippen LogP contribution in [0.5, 0.6) is 0 Å². The van der Waals surface area contributed by atoms with E-state index in [9.17, 15) is 13.2 Å². The van der Waals surface area contributed by atoms with Gasteiger partial charge >= 0.3 is 6.18 Å². The molecule has 3 atom stereocenters. The maximum absolute atomic E-state index is 13.2. The highest BCUT2D eigenvalue weighted by Gasteiger charge is 2.42. The van der Waals surface area contributed by atoms with Gasteiger partial charge in [-0.2, -0.15) is 13.2 Å². The first kappa shape index (κ1) is 14.3. The Labute approximate surface area is 111 Å². The van der Waals surface area contributed by atoms with Gasteiger partial charge in [-0.05, 0) is 24.8 Å². The molecule has 1 saturated heterocycles. The largest absolute Gasteiger partial charge is 0.407 e. The van der Waals surface area contributed by atoms with Crippen molar-refractivity contribution in [1.82, 2.24) is 5.32 Å². The van der Waals surface area contributed by atoms with Crippen LogP contribution in [0.25, 0.3) is 0 Å². The lowest BCUT2D eigenvalue weighted by Crippen LogP contribution is -2.42. The number of alkyl halides is 3. The third kappa shape index (κ3) is 3.70. The van der Waals surface area contributed by atoms with Crippen LogP contribution in [0, 0.1) is 5.92 Å². The van der Waals surface area contributed by atoms with Gasteiger partial charge in [-0.15, -0.1) is 0 Å². The monoisotopic (exact) mass is 273 g/mol. The smallest absolute Gasteiger partial charge is 0.381 e. The number of halogens is 3. The average Bonchev–Trinajstić information content (AvgIpc) is 2.89. The molecule has 0 aromatic heterocycles. The standard InChI is InChI=1S/C14H18F3NO/c1-10(12-7-8-19-9-12)18-13(14(15,16)17)11-5-3-2-4-6-11/h2-6,10,12-13,18H,7-9H2,1H3. The molecule has 1 aliphatic rings.